The van der Waals surface area contributed by atoms with E-state index in [2.05, 4.69) is 17.4 Å². The highest BCUT2D eigenvalue weighted by molar-refractivity contribution is 7.92. The molecule has 1 aromatic heterocycles. The number of benzene rings is 3. The number of hydrogen-bond acceptors (Lipinski definition) is 5. The first-order chi connectivity index (χ1) is 17.2. The van der Waals surface area contributed by atoms with Gasteiger partial charge in [-0.25, -0.2) is 13.2 Å². The molecular formula is C27H27ClN2O5S. The lowest BCUT2D eigenvalue weighted by Crippen LogP contribution is -2.32. The summed E-state index contributed by atoms with van der Waals surface area (Å²) >= 11 is 6.26. The molecule has 2 N–H and O–H groups in total. The molecule has 0 amide bonds. The number of rotatable bonds is 10. The molecule has 0 unspecified atom stereocenters. The van der Waals surface area contributed by atoms with E-state index in [-0.39, 0.29) is 17.2 Å². The largest absolute Gasteiger partial charge is 0.475 e. The van der Waals surface area contributed by atoms with Crippen molar-refractivity contribution in [1.82, 2.24) is 5.32 Å². The molecule has 4 aromatic rings. The lowest BCUT2D eigenvalue weighted by Gasteiger charge is -2.26. The fourth-order valence-corrected chi connectivity index (χ4v) is 5.93. The quantitative estimate of drug-likeness (QED) is 0.259. The summed E-state index contributed by atoms with van der Waals surface area (Å²) in [5, 5.41) is 13.7. The second-order valence-electron chi connectivity index (χ2n) is 8.37. The molecule has 3 aromatic carbocycles. The monoisotopic (exact) mass is 526 g/mol. The van der Waals surface area contributed by atoms with Gasteiger partial charge in [0.05, 0.1) is 10.6 Å². The van der Waals surface area contributed by atoms with Crippen LogP contribution in [0.1, 0.15) is 34.2 Å². The zero-order valence-electron chi connectivity index (χ0n) is 20.0. The number of carboxylic acids is 1. The lowest BCUT2D eigenvalue weighted by atomic mass is 10.1. The first-order valence-electron chi connectivity index (χ1n) is 11.5. The van der Waals surface area contributed by atoms with Gasteiger partial charge in [0.2, 0.25) is 5.76 Å². The van der Waals surface area contributed by atoms with Crippen molar-refractivity contribution in [2.75, 3.05) is 17.4 Å². The minimum atomic E-state index is -3.96. The van der Waals surface area contributed by atoms with Crippen molar-refractivity contribution in [2.45, 2.75) is 31.7 Å². The number of fused-ring (bicyclic) bond motifs is 1. The maximum absolute atomic E-state index is 13.7. The maximum atomic E-state index is 13.7. The van der Waals surface area contributed by atoms with Crippen LogP contribution in [0.5, 0.6) is 0 Å². The summed E-state index contributed by atoms with van der Waals surface area (Å²) in [6, 6.07) is 19.6. The number of aromatic carboxylic acids is 1. The Morgan fingerprint density at radius 3 is 2.53 bits per heavy atom. The summed E-state index contributed by atoms with van der Waals surface area (Å²) in [7, 11) is -3.96. The van der Waals surface area contributed by atoms with Gasteiger partial charge in [-0.1, -0.05) is 41.9 Å². The van der Waals surface area contributed by atoms with Gasteiger partial charge >= 0.3 is 5.97 Å². The van der Waals surface area contributed by atoms with Crippen LogP contribution in [0.15, 0.2) is 76.0 Å². The summed E-state index contributed by atoms with van der Waals surface area (Å²) in [6.45, 7) is 4.72. The molecular weight excluding hydrogens is 500 g/mol. The van der Waals surface area contributed by atoms with Crippen molar-refractivity contribution in [2.24, 2.45) is 0 Å². The molecule has 0 aliphatic carbocycles. The van der Waals surface area contributed by atoms with E-state index >= 15 is 0 Å². The highest BCUT2D eigenvalue weighted by Gasteiger charge is 2.27. The van der Waals surface area contributed by atoms with Crippen LogP contribution in [-0.2, 0) is 23.0 Å². The van der Waals surface area contributed by atoms with Crippen LogP contribution in [0.25, 0.3) is 11.0 Å². The molecule has 7 nitrogen and oxygen atoms in total. The third kappa shape index (κ3) is 5.26. The maximum Gasteiger partial charge on any atom is 0.372 e. The van der Waals surface area contributed by atoms with E-state index in [1.54, 1.807) is 32.0 Å². The number of hydrogen-bond donors (Lipinski definition) is 2. The van der Waals surface area contributed by atoms with Crippen molar-refractivity contribution in [3.8, 4) is 0 Å². The van der Waals surface area contributed by atoms with E-state index in [1.165, 1.54) is 28.1 Å². The van der Waals surface area contributed by atoms with Crippen LogP contribution in [0, 0.1) is 6.92 Å². The zero-order chi connectivity index (χ0) is 25.9. The number of anilines is 1. The van der Waals surface area contributed by atoms with Crippen molar-refractivity contribution >= 4 is 44.3 Å². The molecule has 0 atom stereocenters. The molecule has 0 spiro atoms. The van der Waals surface area contributed by atoms with E-state index in [9.17, 15) is 18.3 Å². The van der Waals surface area contributed by atoms with E-state index < -0.39 is 16.0 Å². The topological polar surface area (TPSA) is 99.9 Å². The molecule has 0 bridgehead atoms. The predicted molar refractivity (Wildman–Crippen MR) is 141 cm³/mol. The van der Waals surface area contributed by atoms with Crippen molar-refractivity contribution in [3.05, 3.63) is 94.2 Å². The van der Waals surface area contributed by atoms with Crippen LogP contribution in [0.3, 0.4) is 0 Å². The number of halogens is 1. The van der Waals surface area contributed by atoms with Crippen LogP contribution < -0.4 is 9.62 Å². The average Bonchev–Trinajstić information content (AvgIpc) is 3.20. The fourth-order valence-electron chi connectivity index (χ4n) is 4.20. The highest BCUT2D eigenvalue weighted by atomic mass is 35.5. The van der Waals surface area contributed by atoms with Gasteiger partial charge in [0.25, 0.3) is 10.0 Å². The standard InChI is InChI=1S/C27H27ClN2O5S/c1-3-30(36(33,34)22-10-12-25-23(16-22)18(2)26(35-25)27(31)32)24-11-9-21(28)15-20(24)17-29-14-13-19-7-5-4-6-8-19/h4-12,15-16,29H,3,13-14,17H2,1-2H3,(H,31,32). The molecule has 0 saturated carbocycles. The Morgan fingerprint density at radius 1 is 1.08 bits per heavy atom. The normalized spacial score (nSPS) is 11.6. The highest BCUT2D eigenvalue weighted by Crippen LogP contribution is 2.32. The molecule has 4 rings (SSSR count). The second-order valence-corrected chi connectivity index (χ2v) is 10.7. The minimum Gasteiger partial charge on any atom is -0.475 e. The van der Waals surface area contributed by atoms with Gasteiger partial charge in [0.15, 0.2) is 0 Å². The number of carboxylic acid groups (broad SMARTS) is 1. The zero-order valence-corrected chi connectivity index (χ0v) is 21.6. The van der Waals surface area contributed by atoms with Crippen molar-refractivity contribution < 1.29 is 22.7 Å². The third-order valence-corrected chi connectivity index (χ3v) is 8.16. The number of sulfonamides is 1. The first-order valence-corrected chi connectivity index (χ1v) is 13.4. The smallest absolute Gasteiger partial charge is 0.372 e. The summed E-state index contributed by atoms with van der Waals surface area (Å²) in [4.78, 5) is 11.5. The van der Waals surface area contributed by atoms with Crippen molar-refractivity contribution in [1.29, 1.82) is 0 Å². The summed E-state index contributed by atoms with van der Waals surface area (Å²) in [6.07, 6.45) is 0.842. The lowest BCUT2D eigenvalue weighted by molar-refractivity contribution is 0.0664. The van der Waals surface area contributed by atoms with Gasteiger partial charge < -0.3 is 14.8 Å². The second kappa shape index (κ2) is 10.7. The summed E-state index contributed by atoms with van der Waals surface area (Å²) in [5.41, 5.74) is 3.21. The molecule has 0 saturated heterocycles. The number of aryl methyl sites for hydroxylation is 1. The van der Waals surface area contributed by atoms with Gasteiger partial charge in [0, 0.05) is 29.1 Å². The Kier molecular flexibility index (Phi) is 7.68. The Hall–Kier alpha value is -3.33. The number of nitrogens with zero attached hydrogens (tertiary/aromatic N) is 1. The van der Waals surface area contributed by atoms with Gasteiger partial charge in [-0.05, 0) is 74.3 Å². The molecule has 0 fully saturated rings. The number of carbonyl (C=O) groups is 1. The Balaban J connectivity index is 1.62. The molecule has 1 heterocycles. The number of furan rings is 1. The van der Waals surface area contributed by atoms with Crippen LogP contribution >= 0.6 is 11.6 Å². The van der Waals surface area contributed by atoms with E-state index in [1.807, 2.05) is 18.2 Å². The first kappa shape index (κ1) is 25.8. The van der Waals surface area contributed by atoms with E-state index in [0.29, 0.717) is 33.8 Å². The Bertz CT molecular complexity index is 1500. The average molecular weight is 527 g/mol. The minimum absolute atomic E-state index is 0.0515. The Labute approximate surface area is 215 Å². The van der Waals surface area contributed by atoms with Crippen LogP contribution in [-0.4, -0.2) is 32.6 Å². The summed E-state index contributed by atoms with van der Waals surface area (Å²) < 4.78 is 34.2. The molecule has 0 radical (unpaired) electrons. The third-order valence-electron chi connectivity index (χ3n) is 6.04. The van der Waals surface area contributed by atoms with Gasteiger partial charge in [-0.15, -0.1) is 0 Å². The molecule has 188 valence electrons. The molecule has 0 aliphatic rings. The number of nitrogens with one attached hydrogen (secondary N) is 1. The summed E-state index contributed by atoms with van der Waals surface area (Å²) in [5.74, 6) is -1.40. The van der Waals surface area contributed by atoms with Gasteiger partial charge in [-0.3, -0.25) is 4.31 Å². The fraction of sp³-hybridized carbons (Fsp3) is 0.222. The SMILES string of the molecule is CCN(c1ccc(Cl)cc1CNCCc1ccccc1)S(=O)(=O)c1ccc2oc(C(=O)O)c(C)c2c1. The molecule has 36 heavy (non-hydrogen) atoms. The predicted octanol–water partition coefficient (Wildman–Crippen LogP) is 5.64. The molecule has 9 heteroatoms. The van der Waals surface area contributed by atoms with Crippen LogP contribution in [0.2, 0.25) is 5.02 Å². The van der Waals surface area contributed by atoms with E-state index in [4.69, 9.17) is 16.0 Å². The molecule has 0 aliphatic heterocycles. The van der Waals surface area contributed by atoms with E-state index in [0.717, 1.165) is 18.5 Å². The van der Waals surface area contributed by atoms with Gasteiger partial charge in [-0.2, -0.15) is 0 Å². The Morgan fingerprint density at radius 2 is 1.83 bits per heavy atom. The van der Waals surface area contributed by atoms with Crippen molar-refractivity contribution in [3.63, 3.8) is 0 Å². The van der Waals surface area contributed by atoms with Crippen LogP contribution in [0.4, 0.5) is 5.69 Å². The van der Waals surface area contributed by atoms with Gasteiger partial charge in [0.1, 0.15) is 5.58 Å².